The second-order valence-electron chi connectivity index (χ2n) is 18.8. The van der Waals surface area contributed by atoms with Crippen LogP contribution in [0.2, 0.25) is 0 Å². The van der Waals surface area contributed by atoms with E-state index in [1.807, 2.05) is 0 Å². The summed E-state index contributed by atoms with van der Waals surface area (Å²) in [6.45, 7) is 6.60. The van der Waals surface area contributed by atoms with E-state index in [0.717, 1.165) is 77.0 Å². The van der Waals surface area contributed by atoms with Gasteiger partial charge in [-0.25, -0.2) is 0 Å². The van der Waals surface area contributed by atoms with Gasteiger partial charge >= 0.3 is 17.9 Å². The first-order valence-corrected chi connectivity index (χ1v) is 27.8. The van der Waals surface area contributed by atoms with Crippen LogP contribution in [0.3, 0.4) is 0 Å². The topological polar surface area (TPSA) is 78.9 Å². The van der Waals surface area contributed by atoms with E-state index >= 15 is 0 Å². The van der Waals surface area contributed by atoms with Gasteiger partial charge in [0, 0.05) is 19.3 Å². The fourth-order valence-electron chi connectivity index (χ4n) is 8.21. The summed E-state index contributed by atoms with van der Waals surface area (Å²) in [5, 5.41) is 0. The maximum absolute atomic E-state index is 12.8. The highest BCUT2D eigenvalue weighted by Crippen LogP contribution is 2.16. The Kier molecular flexibility index (Phi) is 50.8. The summed E-state index contributed by atoms with van der Waals surface area (Å²) in [5.41, 5.74) is 0. The molecule has 0 aliphatic rings. The highest BCUT2D eigenvalue weighted by molar-refractivity contribution is 5.71. The molecule has 0 aromatic heterocycles. The Morgan fingerprint density at radius 2 is 0.556 bits per heavy atom. The van der Waals surface area contributed by atoms with E-state index in [0.29, 0.717) is 19.3 Å². The quantitative estimate of drug-likeness (QED) is 0.0262. The first-order valence-electron chi connectivity index (χ1n) is 27.8. The molecule has 6 nitrogen and oxygen atoms in total. The third-order valence-corrected chi connectivity index (χ3v) is 12.4. The minimum absolute atomic E-state index is 0.0733. The number of esters is 3. The number of hydrogen-bond acceptors (Lipinski definition) is 6. The van der Waals surface area contributed by atoms with Crippen LogP contribution in [-0.2, 0) is 28.6 Å². The normalized spacial score (nSPS) is 12.1. The van der Waals surface area contributed by atoms with Crippen molar-refractivity contribution < 1.29 is 28.6 Å². The summed E-state index contributed by atoms with van der Waals surface area (Å²) >= 11 is 0. The molecular weight excluding hydrogens is 781 g/mol. The van der Waals surface area contributed by atoms with Gasteiger partial charge in [-0.3, -0.25) is 14.4 Å². The monoisotopic (exact) mass is 887 g/mol. The number of rotatable bonds is 51. The van der Waals surface area contributed by atoms with Crippen LogP contribution in [0.1, 0.15) is 303 Å². The zero-order valence-corrected chi connectivity index (χ0v) is 42.4. The van der Waals surface area contributed by atoms with Gasteiger partial charge in [0.05, 0.1) is 0 Å². The predicted molar refractivity (Wildman–Crippen MR) is 270 cm³/mol. The summed E-state index contributed by atoms with van der Waals surface area (Å²) in [6.07, 6.45) is 60.3. The lowest BCUT2D eigenvalue weighted by Gasteiger charge is -2.18. The summed E-state index contributed by atoms with van der Waals surface area (Å²) in [6, 6.07) is 0. The average Bonchev–Trinajstić information content (AvgIpc) is 3.28. The highest BCUT2D eigenvalue weighted by Gasteiger charge is 2.19. The molecule has 0 heterocycles. The summed E-state index contributed by atoms with van der Waals surface area (Å²) in [5.74, 6) is -0.877. The third-order valence-electron chi connectivity index (χ3n) is 12.4. The molecule has 0 bridgehead atoms. The van der Waals surface area contributed by atoms with Gasteiger partial charge in [-0.2, -0.15) is 0 Å². The first kappa shape index (κ1) is 60.9. The lowest BCUT2D eigenvalue weighted by Crippen LogP contribution is -2.30. The highest BCUT2D eigenvalue weighted by atomic mass is 16.6. The van der Waals surface area contributed by atoms with Gasteiger partial charge in [0.15, 0.2) is 6.10 Å². The lowest BCUT2D eigenvalue weighted by atomic mass is 10.0. The van der Waals surface area contributed by atoms with Gasteiger partial charge in [0.25, 0.3) is 0 Å². The van der Waals surface area contributed by atoms with Crippen LogP contribution >= 0.6 is 0 Å². The molecule has 0 radical (unpaired) electrons. The van der Waals surface area contributed by atoms with Gasteiger partial charge in [-0.1, -0.05) is 244 Å². The molecule has 1 unspecified atom stereocenters. The molecule has 0 fully saturated rings. The van der Waals surface area contributed by atoms with Crippen molar-refractivity contribution in [2.75, 3.05) is 13.2 Å². The standard InChI is InChI=1S/C57H106O6/c1-4-7-10-13-16-19-22-24-26-28-29-30-32-33-35-38-41-44-47-50-56(59)62-53-54(52-61-55(58)49-46-43-40-37-21-18-15-12-9-6-3)63-57(60)51-48-45-42-39-36-34-31-27-25-23-20-17-14-11-8-5-2/h12,15,27,31,54H,4-11,13-14,16-26,28-30,32-53H2,1-3H3/b15-12-,31-27-. The Morgan fingerprint density at radius 3 is 0.857 bits per heavy atom. The van der Waals surface area contributed by atoms with Gasteiger partial charge in [-0.15, -0.1) is 0 Å². The summed E-state index contributed by atoms with van der Waals surface area (Å²) < 4.78 is 16.8. The number of ether oxygens (including phenoxy) is 3. The molecule has 0 rings (SSSR count). The molecule has 0 aliphatic heterocycles. The fraction of sp³-hybridized carbons (Fsp3) is 0.877. The van der Waals surface area contributed by atoms with E-state index in [9.17, 15) is 14.4 Å². The van der Waals surface area contributed by atoms with Gasteiger partial charge in [0.1, 0.15) is 13.2 Å². The van der Waals surface area contributed by atoms with Crippen LogP contribution < -0.4 is 0 Å². The number of unbranched alkanes of at least 4 members (excludes halogenated alkanes) is 36. The predicted octanol–water partition coefficient (Wildman–Crippen LogP) is 18.3. The third kappa shape index (κ3) is 50.7. The molecule has 63 heavy (non-hydrogen) atoms. The Bertz CT molecular complexity index is 1020. The maximum Gasteiger partial charge on any atom is 0.306 e. The van der Waals surface area contributed by atoms with Crippen molar-refractivity contribution in [1.29, 1.82) is 0 Å². The van der Waals surface area contributed by atoms with Crippen molar-refractivity contribution in [3.8, 4) is 0 Å². The Balaban J connectivity index is 4.27. The molecule has 1 atom stereocenters. The van der Waals surface area contributed by atoms with E-state index in [2.05, 4.69) is 45.1 Å². The smallest absolute Gasteiger partial charge is 0.306 e. The van der Waals surface area contributed by atoms with E-state index < -0.39 is 6.10 Å². The van der Waals surface area contributed by atoms with E-state index in [-0.39, 0.29) is 31.1 Å². The molecular formula is C57H106O6. The molecule has 0 aromatic rings. The second-order valence-corrected chi connectivity index (χ2v) is 18.8. The van der Waals surface area contributed by atoms with Gasteiger partial charge in [-0.05, 0) is 64.2 Å². The molecule has 0 amide bonds. The second kappa shape index (κ2) is 52.5. The van der Waals surface area contributed by atoms with Crippen LogP contribution in [0.5, 0.6) is 0 Å². The van der Waals surface area contributed by atoms with E-state index in [4.69, 9.17) is 14.2 Å². The largest absolute Gasteiger partial charge is 0.462 e. The van der Waals surface area contributed by atoms with Crippen LogP contribution in [0.4, 0.5) is 0 Å². The molecule has 370 valence electrons. The zero-order chi connectivity index (χ0) is 45.8. The van der Waals surface area contributed by atoms with Crippen molar-refractivity contribution in [3.63, 3.8) is 0 Å². The van der Waals surface area contributed by atoms with Crippen LogP contribution in [-0.4, -0.2) is 37.2 Å². The summed E-state index contributed by atoms with van der Waals surface area (Å²) in [7, 11) is 0. The zero-order valence-electron chi connectivity index (χ0n) is 42.4. The molecule has 0 saturated heterocycles. The Morgan fingerprint density at radius 1 is 0.302 bits per heavy atom. The number of carbonyl (C=O) groups excluding carboxylic acids is 3. The molecule has 0 saturated carbocycles. The molecule has 0 aliphatic carbocycles. The van der Waals surface area contributed by atoms with E-state index in [1.54, 1.807) is 0 Å². The number of carbonyl (C=O) groups is 3. The minimum atomic E-state index is -0.774. The molecule has 6 heteroatoms. The minimum Gasteiger partial charge on any atom is -0.462 e. The van der Waals surface area contributed by atoms with E-state index in [1.165, 1.54) is 186 Å². The van der Waals surface area contributed by atoms with Gasteiger partial charge in [0.2, 0.25) is 0 Å². The number of hydrogen-bond donors (Lipinski definition) is 0. The first-order chi connectivity index (χ1) is 31.0. The van der Waals surface area contributed by atoms with Gasteiger partial charge < -0.3 is 14.2 Å². The SMILES string of the molecule is CCC/C=C\CCCCCCCC(=O)OCC(COC(=O)CCCCCCCCCCCCCCCCCCCCC)OC(=O)CCCCCCC/C=C\CCCCCCCCC. The van der Waals surface area contributed by atoms with Crippen molar-refractivity contribution >= 4 is 17.9 Å². The van der Waals surface area contributed by atoms with Crippen LogP contribution in [0.15, 0.2) is 24.3 Å². The molecule has 0 aromatic carbocycles. The Hall–Kier alpha value is -2.11. The van der Waals surface area contributed by atoms with Crippen molar-refractivity contribution in [2.24, 2.45) is 0 Å². The van der Waals surface area contributed by atoms with Crippen molar-refractivity contribution in [1.82, 2.24) is 0 Å². The van der Waals surface area contributed by atoms with Crippen LogP contribution in [0.25, 0.3) is 0 Å². The van der Waals surface area contributed by atoms with Crippen molar-refractivity contribution in [3.05, 3.63) is 24.3 Å². The molecule has 0 spiro atoms. The average molecular weight is 887 g/mol. The number of allylic oxidation sites excluding steroid dienone is 4. The lowest BCUT2D eigenvalue weighted by molar-refractivity contribution is -0.167. The maximum atomic E-state index is 12.8. The molecule has 0 N–H and O–H groups in total. The summed E-state index contributed by atoms with van der Waals surface area (Å²) in [4.78, 5) is 38.0. The fourth-order valence-corrected chi connectivity index (χ4v) is 8.21. The van der Waals surface area contributed by atoms with Crippen LogP contribution in [0, 0.1) is 0 Å². The van der Waals surface area contributed by atoms with Crippen molar-refractivity contribution in [2.45, 2.75) is 309 Å². The Labute approximate surface area is 392 Å².